The minimum absolute atomic E-state index is 0.145. The van der Waals surface area contributed by atoms with Gasteiger partial charge in [0.15, 0.2) is 0 Å². The lowest BCUT2D eigenvalue weighted by atomic mass is 10.1. The van der Waals surface area contributed by atoms with E-state index in [0.29, 0.717) is 12.6 Å². The summed E-state index contributed by atoms with van der Waals surface area (Å²) in [4.78, 5) is 0. The Morgan fingerprint density at radius 1 is 1.20 bits per heavy atom. The van der Waals surface area contributed by atoms with Gasteiger partial charge in [0.25, 0.3) is 0 Å². The molecule has 0 saturated heterocycles. The highest BCUT2D eigenvalue weighted by Gasteiger charge is 2.31. The summed E-state index contributed by atoms with van der Waals surface area (Å²) in [6, 6.07) is 4.31. The quantitative estimate of drug-likeness (QED) is 0.876. The summed E-state index contributed by atoms with van der Waals surface area (Å²) < 4.78 is 52.5. The van der Waals surface area contributed by atoms with Gasteiger partial charge in [0.2, 0.25) is 0 Å². The van der Waals surface area contributed by atoms with Crippen LogP contribution >= 0.6 is 0 Å². The summed E-state index contributed by atoms with van der Waals surface area (Å²) in [6.45, 7) is 0.584. The highest BCUT2D eigenvalue weighted by atomic mass is 19.4. The van der Waals surface area contributed by atoms with Crippen LogP contribution < -0.4 is 5.32 Å². The maximum atomic E-state index is 13.2. The Hall–Kier alpha value is -1.89. The van der Waals surface area contributed by atoms with Crippen molar-refractivity contribution in [2.24, 2.45) is 7.05 Å². The molecule has 0 saturated carbocycles. The van der Waals surface area contributed by atoms with Crippen molar-refractivity contribution in [1.82, 2.24) is 15.1 Å². The fraction of sp³-hybridized carbons (Fsp3) is 0.308. The highest BCUT2D eigenvalue weighted by Crippen LogP contribution is 2.30. The first-order valence-electron chi connectivity index (χ1n) is 5.90. The molecule has 2 rings (SSSR count). The van der Waals surface area contributed by atoms with E-state index in [-0.39, 0.29) is 12.1 Å². The van der Waals surface area contributed by atoms with Crippen LogP contribution in [0.5, 0.6) is 0 Å². The predicted octanol–water partition coefficient (Wildman–Crippen LogP) is 2.87. The maximum Gasteiger partial charge on any atom is 0.416 e. The molecule has 108 valence electrons. The Morgan fingerprint density at radius 3 is 2.55 bits per heavy atom. The van der Waals surface area contributed by atoms with Crippen molar-refractivity contribution in [2.75, 3.05) is 0 Å². The smallest absolute Gasteiger partial charge is 0.307 e. The zero-order valence-electron chi connectivity index (χ0n) is 10.7. The number of nitrogens with one attached hydrogen (secondary N) is 1. The van der Waals surface area contributed by atoms with Crippen LogP contribution in [-0.4, -0.2) is 9.78 Å². The van der Waals surface area contributed by atoms with Crippen molar-refractivity contribution in [3.8, 4) is 0 Å². The Balaban J connectivity index is 2.03. The van der Waals surface area contributed by atoms with Gasteiger partial charge in [0.1, 0.15) is 5.82 Å². The van der Waals surface area contributed by atoms with E-state index in [1.807, 2.05) is 0 Å². The Kier molecular flexibility index (Phi) is 4.08. The number of halogens is 4. The van der Waals surface area contributed by atoms with Crippen molar-refractivity contribution < 1.29 is 17.6 Å². The Labute approximate surface area is 113 Å². The van der Waals surface area contributed by atoms with Gasteiger partial charge in [-0.15, -0.1) is 0 Å². The average Bonchev–Trinajstić information content (AvgIpc) is 2.73. The van der Waals surface area contributed by atoms with E-state index in [9.17, 15) is 17.6 Å². The lowest BCUT2D eigenvalue weighted by Crippen LogP contribution is -2.16. The summed E-state index contributed by atoms with van der Waals surface area (Å²) in [7, 11) is 1.76. The number of alkyl halides is 3. The van der Waals surface area contributed by atoms with Crippen LogP contribution in [0.4, 0.5) is 17.6 Å². The van der Waals surface area contributed by atoms with Gasteiger partial charge in [0, 0.05) is 26.3 Å². The minimum atomic E-state index is -4.54. The van der Waals surface area contributed by atoms with E-state index >= 15 is 0 Å². The Morgan fingerprint density at radius 2 is 1.95 bits per heavy atom. The average molecular weight is 287 g/mol. The van der Waals surface area contributed by atoms with Crippen LogP contribution in [0, 0.1) is 5.82 Å². The van der Waals surface area contributed by atoms with E-state index in [1.54, 1.807) is 24.0 Å². The predicted molar refractivity (Wildman–Crippen MR) is 65.2 cm³/mol. The molecule has 0 fully saturated rings. The fourth-order valence-corrected chi connectivity index (χ4v) is 1.83. The summed E-state index contributed by atoms with van der Waals surface area (Å²) in [5.74, 6) is -0.892. The minimum Gasteiger partial charge on any atom is -0.307 e. The summed E-state index contributed by atoms with van der Waals surface area (Å²) in [6.07, 6.45) is -2.92. The Bertz CT molecular complexity index is 590. The highest BCUT2D eigenvalue weighted by molar-refractivity contribution is 5.26. The summed E-state index contributed by atoms with van der Waals surface area (Å²) in [5, 5.41) is 6.93. The number of aromatic nitrogens is 2. The molecule has 0 bridgehead atoms. The van der Waals surface area contributed by atoms with Gasteiger partial charge in [-0.1, -0.05) is 0 Å². The van der Waals surface area contributed by atoms with Crippen LogP contribution in [0.25, 0.3) is 0 Å². The van der Waals surface area contributed by atoms with Gasteiger partial charge in [-0.25, -0.2) is 4.39 Å². The molecule has 0 radical (unpaired) electrons. The largest absolute Gasteiger partial charge is 0.416 e. The lowest BCUT2D eigenvalue weighted by molar-refractivity contribution is -0.137. The van der Waals surface area contributed by atoms with E-state index in [1.165, 1.54) is 0 Å². The molecule has 0 amide bonds. The van der Waals surface area contributed by atoms with Crippen molar-refractivity contribution in [3.63, 3.8) is 0 Å². The van der Waals surface area contributed by atoms with Crippen molar-refractivity contribution in [1.29, 1.82) is 0 Å². The molecule has 1 aromatic heterocycles. The summed E-state index contributed by atoms with van der Waals surface area (Å²) in [5.41, 5.74) is 0.159. The van der Waals surface area contributed by atoms with Crippen LogP contribution in [0.15, 0.2) is 30.5 Å². The number of hydrogen-bond donors (Lipinski definition) is 1. The van der Waals surface area contributed by atoms with Gasteiger partial charge in [-0.2, -0.15) is 18.3 Å². The third-order valence-corrected chi connectivity index (χ3v) is 2.84. The molecule has 1 heterocycles. The molecular formula is C13H13F4N3. The maximum absolute atomic E-state index is 13.2. The molecule has 2 aromatic rings. The first-order valence-corrected chi connectivity index (χ1v) is 5.90. The molecule has 1 N–H and O–H groups in total. The SMILES string of the molecule is Cn1nccc1CNCc1cc(F)cc(C(F)(F)F)c1. The first-order chi connectivity index (χ1) is 9.36. The number of benzene rings is 1. The molecule has 0 unspecified atom stereocenters. The molecule has 0 spiro atoms. The fourth-order valence-electron chi connectivity index (χ4n) is 1.83. The summed E-state index contributed by atoms with van der Waals surface area (Å²) >= 11 is 0. The second-order valence-electron chi connectivity index (χ2n) is 4.40. The molecule has 20 heavy (non-hydrogen) atoms. The number of hydrogen-bond acceptors (Lipinski definition) is 2. The van der Waals surface area contributed by atoms with Gasteiger partial charge in [-0.05, 0) is 29.8 Å². The van der Waals surface area contributed by atoms with Crippen LogP contribution in [0.2, 0.25) is 0 Å². The molecule has 0 aliphatic carbocycles. The van der Waals surface area contributed by atoms with Crippen molar-refractivity contribution in [2.45, 2.75) is 19.3 Å². The van der Waals surface area contributed by atoms with Gasteiger partial charge in [0.05, 0.1) is 11.3 Å². The number of rotatable bonds is 4. The molecular weight excluding hydrogens is 274 g/mol. The van der Waals surface area contributed by atoms with Crippen molar-refractivity contribution in [3.05, 3.63) is 53.1 Å². The normalized spacial score (nSPS) is 11.8. The topological polar surface area (TPSA) is 29.9 Å². The second-order valence-corrected chi connectivity index (χ2v) is 4.40. The molecule has 7 heteroatoms. The van der Waals surface area contributed by atoms with Gasteiger partial charge < -0.3 is 5.32 Å². The standard InChI is InChI=1S/C13H13F4N3/c1-20-12(2-3-19-20)8-18-7-9-4-10(13(15,16)17)6-11(14)5-9/h2-6,18H,7-8H2,1H3. The molecule has 3 nitrogen and oxygen atoms in total. The zero-order valence-corrected chi connectivity index (χ0v) is 10.7. The van der Waals surface area contributed by atoms with E-state index in [4.69, 9.17) is 0 Å². The van der Waals surface area contributed by atoms with E-state index in [0.717, 1.165) is 17.8 Å². The molecule has 0 atom stereocenters. The zero-order chi connectivity index (χ0) is 14.8. The molecule has 1 aromatic carbocycles. The number of aryl methyl sites for hydroxylation is 1. The third kappa shape index (κ3) is 3.57. The molecule has 0 aliphatic rings. The van der Waals surface area contributed by atoms with Crippen LogP contribution in [0.1, 0.15) is 16.8 Å². The van der Waals surface area contributed by atoms with Crippen molar-refractivity contribution >= 4 is 0 Å². The lowest BCUT2D eigenvalue weighted by Gasteiger charge is -2.10. The second kappa shape index (κ2) is 5.62. The van der Waals surface area contributed by atoms with Gasteiger partial charge >= 0.3 is 6.18 Å². The monoisotopic (exact) mass is 287 g/mol. The third-order valence-electron chi connectivity index (χ3n) is 2.84. The van der Waals surface area contributed by atoms with Gasteiger partial charge in [-0.3, -0.25) is 4.68 Å². The van der Waals surface area contributed by atoms with Crippen LogP contribution in [0.3, 0.4) is 0 Å². The van der Waals surface area contributed by atoms with Crippen LogP contribution in [-0.2, 0) is 26.3 Å². The van der Waals surface area contributed by atoms with E-state index in [2.05, 4.69) is 10.4 Å². The number of nitrogens with zero attached hydrogens (tertiary/aromatic N) is 2. The first kappa shape index (κ1) is 14.5. The van der Waals surface area contributed by atoms with E-state index < -0.39 is 17.6 Å². The molecule has 0 aliphatic heterocycles.